The number of ether oxygens (including phenoxy) is 3. The lowest BCUT2D eigenvalue weighted by Crippen LogP contribution is -2.30. The molecule has 0 heterocycles. The summed E-state index contributed by atoms with van der Waals surface area (Å²) in [5, 5.41) is 0. The maximum atomic E-state index is 12.8. The average Bonchev–Trinajstić information content (AvgIpc) is 3.27. The van der Waals surface area contributed by atoms with E-state index >= 15 is 0 Å². The molecule has 0 aliphatic heterocycles. The minimum Gasteiger partial charge on any atom is -0.462 e. The van der Waals surface area contributed by atoms with Crippen LogP contribution < -0.4 is 0 Å². The maximum Gasteiger partial charge on any atom is 0.306 e. The van der Waals surface area contributed by atoms with Gasteiger partial charge in [0.25, 0.3) is 0 Å². The van der Waals surface area contributed by atoms with Crippen molar-refractivity contribution in [3.8, 4) is 0 Å². The molecule has 380 valence electrons. The second-order valence-electron chi connectivity index (χ2n) is 21.1. The number of hydrogen-bond acceptors (Lipinski definition) is 6. The van der Waals surface area contributed by atoms with Crippen molar-refractivity contribution in [1.82, 2.24) is 0 Å². The van der Waals surface area contributed by atoms with E-state index in [2.05, 4.69) is 41.5 Å². The van der Waals surface area contributed by atoms with Crippen LogP contribution in [0.3, 0.4) is 0 Å². The standard InChI is InChI=1S/C58H112O6/c1-7-54(6)46-40-34-28-22-18-14-12-10-8-9-11-13-15-19-24-30-37-43-49-58(61)64-55(51-63-57(60)48-42-36-31-25-27-33-39-45-53(4)5)50-62-56(59)47-41-35-29-23-20-16-17-21-26-32-38-44-52(2)3/h52-55H,7-51H2,1-6H3/t54?,55-/m1/s1. The minimum atomic E-state index is -0.763. The molecule has 0 radical (unpaired) electrons. The lowest BCUT2D eigenvalue weighted by Gasteiger charge is -2.18. The monoisotopic (exact) mass is 905 g/mol. The first-order valence-electron chi connectivity index (χ1n) is 28.6. The second kappa shape index (κ2) is 49.3. The van der Waals surface area contributed by atoms with Crippen molar-refractivity contribution < 1.29 is 28.6 Å². The van der Waals surface area contributed by atoms with Gasteiger partial charge in [-0.1, -0.05) is 279 Å². The molecule has 0 aromatic heterocycles. The van der Waals surface area contributed by atoms with E-state index in [0.29, 0.717) is 19.3 Å². The first kappa shape index (κ1) is 62.4. The van der Waals surface area contributed by atoms with E-state index in [4.69, 9.17) is 14.2 Å². The Bertz CT molecular complexity index is 993. The van der Waals surface area contributed by atoms with Crippen LogP contribution in [0.4, 0.5) is 0 Å². The third-order valence-corrected chi connectivity index (χ3v) is 13.5. The van der Waals surface area contributed by atoms with Gasteiger partial charge in [-0.15, -0.1) is 0 Å². The van der Waals surface area contributed by atoms with Gasteiger partial charge < -0.3 is 14.2 Å². The van der Waals surface area contributed by atoms with Gasteiger partial charge in [0.2, 0.25) is 0 Å². The third kappa shape index (κ3) is 49.8. The SMILES string of the molecule is CCC(C)CCCCCCCCCCCCCCCCCCCCC(=O)O[C@H](COC(=O)CCCCCCCCCCCCCC(C)C)COC(=O)CCCCCCCCCC(C)C. The molecule has 0 spiro atoms. The van der Waals surface area contributed by atoms with E-state index in [-0.39, 0.29) is 31.1 Å². The second-order valence-corrected chi connectivity index (χ2v) is 21.1. The van der Waals surface area contributed by atoms with Crippen LogP contribution >= 0.6 is 0 Å². The van der Waals surface area contributed by atoms with E-state index in [9.17, 15) is 14.4 Å². The summed E-state index contributed by atoms with van der Waals surface area (Å²) in [6.45, 7) is 13.7. The van der Waals surface area contributed by atoms with Crippen LogP contribution in [0.5, 0.6) is 0 Å². The molecule has 0 saturated heterocycles. The normalized spacial score (nSPS) is 12.6. The molecule has 0 aliphatic rings. The molecule has 0 fully saturated rings. The summed E-state index contributed by atoms with van der Waals surface area (Å²) in [6.07, 6.45) is 51.0. The van der Waals surface area contributed by atoms with Gasteiger partial charge in [0.05, 0.1) is 0 Å². The third-order valence-electron chi connectivity index (χ3n) is 13.5. The largest absolute Gasteiger partial charge is 0.462 e. The Morgan fingerprint density at radius 1 is 0.312 bits per heavy atom. The summed E-state index contributed by atoms with van der Waals surface area (Å²) in [7, 11) is 0. The Labute approximate surface area is 399 Å². The molecule has 1 unspecified atom stereocenters. The number of hydrogen-bond donors (Lipinski definition) is 0. The highest BCUT2D eigenvalue weighted by Crippen LogP contribution is 2.19. The van der Waals surface area contributed by atoms with Crippen molar-refractivity contribution in [3.05, 3.63) is 0 Å². The number of esters is 3. The summed E-state index contributed by atoms with van der Waals surface area (Å²) < 4.78 is 16.8. The topological polar surface area (TPSA) is 78.9 Å². The molecule has 0 N–H and O–H groups in total. The molecular formula is C58H112O6. The van der Waals surface area contributed by atoms with Crippen LogP contribution in [0.1, 0.15) is 318 Å². The molecular weight excluding hydrogens is 793 g/mol. The predicted octanol–water partition coefficient (Wildman–Crippen LogP) is 18.7. The molecule has 0 aromatic carbocycles. The van der Waals surface area contributed by atoms with Crippen LogP contribution in [0, 0.1) is 17.8 Å². The molecule has 0 rings (SSSR count). The molecule has 6 nitrogen and oxygen atoms in total. The van der Waals surface area contributed by atoms with E-state index < -0.39 is 6.10 Å². The van der Waals surface area contributed by atoms with Crippen molar-refractivity contribution in [3.63, 3.8) is 0 Å². The predicted molar refractivity (Wildman–Crippen MR) is 275 cm³/mol. The van der Waals surface area contributed by atoms with Gasteiger partial charge >= 0.3 is 17.9 Å². The van der Waals surface area contributed by atoms with Crippen molar-refractivity contribution >= 4 is 17.9 Å². The molecule has 0 bridgehead atoms. The molecule has 0 aromatic rings. The van der Waals surface area contributed by atoms with Gasteiger partial charge in [0.15, 0.2) is 6.10 Å². The Balaban J connectivity index is 4.22. The van der Waals surface area contributed by atoms with E-state index in [1.54, 1.807) is 0 Å². The zero-order valence-electron chi connectivity index (χ0n) is 44.1. The first-order chi connectivity index (χ1) is 31.1. The van der Waals surface area contributed by atoms with Gasteiger partial charge in [-0.2, -0.15) is 0 Å². The van der Waals surface area contributed by atoms with Gasteiger partial charge in [0.1, 0.15) is 13.2 Å². The highest BCUT2D eigenvalue weighted by Gasteiger charge is 2.19. The zero-order chi connectivity index (χ0) is 47.0. The summed E-state index contributed by atoms with van der Waals surface area (Å²) in [4.78, 5) is 38.0. The van der Waals surface area contributed by atoms with Crippen molar-refractivity contribution in [2.75, 3.05) is 13.2 Å². The number of unbranched alkanes of at least 4 members (excludes halogenated alkanes) is 33. The molecule has 64 heavy (non-hydrogen) atoms. The van der Waals surface area contributed by atoms with Crippen molar-refractivity contribution in [1.29, 1.82) is 0 Å². The minimum absolute atomic E-state index is 0.0645. The van der Waals surface area contributed by atoms with E-state index in [1.807, 2.05) is 0 Å². The van der Waals surface area contributed by atoms with E-state index in [0.717, 1.165) is 75.5 Å². The van der Waals surface area contributed by atoms with Crippen molar-refractivity contribution in [2.45, 2.75) is 324 Å². The van der Waals surface area contributed by atoms with Gasteiger partial charge in [0, 0.05) is 19.3 Å². The summed E-state index contributed by atoms with van der Waals surface area (Å²) in [6, 6.07) is 0. The number of rotatable bonds is 51. The Kier molecular flexibility index (Phi) is 48.1. The summed E-state index contributed by atoms with van der Waals surface area (Å²) in [5.41, 5.74) is 0. The fraction of sp³-hybridized carbons (Fsp3) is 0.948. The molecule has 0 amide bonds. The highest BCUT2D eigenvalue weighted by molar-refractivity contribution is 5.71. The van der Waals surface area contributed by atoms with Crippen LogP contribution in [-0.4, -0.2) is 37.2 Å². The van der Waals surface area contributed by atoms with Gasteiger partial charge in [-0.3, -0.25) is 14.4 Å². The smallest absolute Gasteiger partial charge is 0.306 e. The Morgan fingerprint density at radius 2 is 0.547 bits per heavy atom. The van der Waals surface area contributed by atoms with Crippen LogP contribution in [0.15, 0.2) is 0 Å². The lowest BCUT2D eigenvalue weighted by atomic mass is 9.99. The highest BCUT2D eigenvalue weighted by atomic mass is 16.6. The molecule has 2 atom stereocenters. The molecule has 6 heteroatoms. The Morgan fingerprint density at radius 3 is 0.812 bits per heavy atom. The zero-order valence-corrected chi connectivity index (χ0v) is 44.1. The van der Waals surface area contributed by atoms with Crippen LogP contribution in [-0.2, 0) is 28.6 Å². The molecule has 0 aliphatic carbocycles. The first-order valence-corrected chi connectivity index (χ1v) is 28.6. The maximum absolute atomic E-state index is 12.8. The fourth-order valence-corrected chi connectivity index (χ4v) is 8.79. The Hall–Kier alpha value is -1.59. The van der Waals surface area contributed by atoms with Crippen LogP contribution in [0.2, 0.25) is 0 Å². The summed E-state index contributed by atoms with van der Waals surface area (Å²) in [5.74, 6) is 1.67. The van der Waals surface area contributed by atoms with Gasteiger partial charge in [-0.05, 0) is 37.0 Å². The summed E-state index contributed by atoms with van der Waals surface area (Å²) >= 11 is 0. The fourth-order valence-electron chi connectivity index (χ4n) is 8.79. The van der Waals surface area contributed by atoms with Gasteiger partial charge in [-0.25, -0.2) is 0 Å². The average molecular weight is 906 g/mol. The van der Waals surface area contributed by atoms with E-state index in [1.165, 1.54) is 199 Å². The van der Waals surface area contributed by atoms with Crippen molar-refractivity contribution in [2.24, 2.45) is 17.8 Å². The lowest BCUT2D eigenvalue weighted by molar-refractivity contribution is -0.167. The number of carbonyl (C=O) groups excluding carboxylic acids is 3. The quantitative estimate of drug-likeness (QED) is 0.0344. The van der Waals surface area contributed by atoms with Crippen LogP contribution in [0.25, 0.3) is 0 Å². The molecule has 0 saturated carbocycles. The number of carbonyl (C=O) groups is 3.